The normalized spacial score (nSPS) is 13.8. The molecular formula is C25H22N4O2S. The zero-order valence-corrected chi connectivity index (χ0v) is 18.4. The molecule has 1 aliphatic heterocycles. The van der Waals surface area contributed by atoms with Crippen molar-refractivity contribution in [3.8, 4) is 6.07 Å². The van der Waals surface area contributed by atoms with Crippen LogP contribution >= 0.6 is 0 Å². The highest BCUT2D eigenvalue weighted by atomic mass is 32.2. The monoisotopic (exact) mass is 442 g/mol. The zero-order chi connectivity index (χ0) is 22.6. The summed E-state index contributed by atoms with van der Waals surface area (Å²) in [6.07, 6.45) is 7.00. The summed E-state index contributed by atoms with van der Waals surface area (Å²) in [5.41, 5.74) is 6.05. The molecule has 0 saturated heterocycles. The Morgan fingerprint density at radius 2 is 1.91 bits per heavy atom. The minimum Gasteiger partial charge on any atom is -0.343 e. The molecule has 1 aromatic heterocycles. The van der Waals surface area contributed by atoms with E-state index in [0.29, 0.717) is 12.1 Å². The minimum atomic E-state index is -3.28. The van der Waals surface area contributed by atoms with Gasteiger partial charge in [0.2, 0.25) is 10.0 Å². The van der Waals surface area contributed by atoms with Crippen molar-refractivity contribution < 1.29 is 8.42 Å². The highest BCUT2D eigenvalue weighted by Gasteiger charge is 2.19. The predicted molar refractivity (Wildman–Crippen MR) is 127 cm³/mol. The second-order valence-electron chi connectivity index (χ2n) is 7.52. The van der Waals surface area contributed by atoms with Crippen molar-refractivity contribution in [1.29, 1.82) is 5.26 Å². The number of benzene rings is 2. The molecule has 0 bridgehead atoms. The van der Waals surface area contributed by atoms with Gasteiger partial charge in [0.15, 0.2) is 0 Å². The van der Waals surface area contributed by atoms with Crippen LogP contribution in [-0.4, -0.2) is 26.2 Å². The van der Waals surface area contributed by atoms with Gasteiger partial charge in [-0.25, -0.2) is 13.1 Å². The van der Waals surface area contributed by atoms with E-state index in [0.717, 1.165) is 39.9 Å². The van der Waals surface area contributed by atoms with Crippen LogP contribution in [-0.2, 0) is 16.6 Å². The Kier molecular flexibility index (Phi) is 6.17. The number of hydrogen-bond donors (Lipinski definition) is 1. The highest BCUT2D eigenvalue weighted by Crippen LogP contribution is 2.32. The van der Waals surface area contributed by atoms with Gasteiger partial charge in [-0.3, -0.25) is 4.98 Å². The summed E-state index contributed by atoms with van der Waals surface area (Å²) in [5.74, 6) is 0. The average molecular weight is 443 g/mol. The fraction of sp³-hybridized carbons (Fsp3) is 0.120. The topological polar surface area (TPSA) is 86.1 Å². The summed E-state index contributed by atoms with van der Waals surface area (Å²) in [6.45, 7) is 0.787. The van der Waals surface area contributed by atoms with Crippen LogP contribution in [0.3, 0.4) is 0 Å². The average Bonchev–Trinajstić information content (AvgIpc) is 2.83. The number of hydrogen-bond acceptors (Lipinski definition) is 5. The number of rotatable bonds is 6. The fourth-order valence-corrected chi connectivity index (χ4v) is 4.02. The van der Waals surface area contributed by atoms with Crippen LogP contribution in [0.4, 0.5) is 5.69 Å². The van der Waals surface area contributed by atoms with Crippen molar-refractivity contribution in [2.75, 3.05) is 17.7 Å². The van der Waals surface area contributed by atoms with Gasteiger partial charge in [-0.1, -0.05) is 36.4 Å². The molecule has 6 nitrogen and oxygen atoms in total. The lowest BCUT2D eigenvalue weighted by Gasteiger charge is -2.28. The van der Waals surface area contributed by atoms with Crippen LogP contribution in [0.25, 0.3) is 11.1 Å². The number of anilines is 1. The third-order valence-electron chi connectivity index (χ3n) is 5.10. The molecule has 0 unspecified atom stereocenters. The fourth-order valence-electron chi connectivity index (χ4n) is 3.59. The van der Waals surface area contributed by atoms with Gasteiger partial charge in [0.1, 0.15) is 0 Å². The molecule has 0 atom stereocenters. The van der Waals surface area contributed by atoms with Gasteiger partial charge in [0.25, 0.3) is 0 Å². The molecule has 1 N–H and O–H groups in total. The van der Waals surface area contributed by atoms with Gasteiger partial charge in [0, 0.05) is 36.7 Å². The Morgan fingerprint density at radius 3 is 2.66 bits per heavy atom. The summed E-state index contributed by atoms with van der Waals surface area (Å²) in [5, 5.41) is 9.60. The summed E-state index contributed by atoms with van der Waals surface area (Å²) >= 11 is 0. The van der Waals surface area contributed by atoms with E-state index in [4.69, 9.17) is 0 Å². The molecular weight excluding hydrogens is 420 g/mol. The summed E-state index contributed by atoms with van der Waals surface area (Å²) in [6, 6.07) is 23.3. The second kappa shape index (κ2) is 9.18. The molecule has 2 heterocycles. The SMILES string of the molecule is CS(=O)(=O)NCc1cccc(N2C=C(c3ccccn3)C=C(c3ccccc3C#N)C2)c1. The van der Waals surface area contributed by atoms with E-state index in [-0.39, 0.29) is 6.54 Å². The van der Waals surface area contributed by atoms with Gasteiger partial charge in [-0.05, 0) is 53.1 Å². The molecule has 160 valence electrons. The molecule has 2 aromatic carbocycles. The smallest absolute Gasteiger partial charge is 0.209 e. The van der Waals surface area contributed by atoms with E-state index in [1.807, 2.05) is 72.9 Å². The molecule has 0 spiro atoms. The van der Waals surface area contributed by atoms with Gasteiger partial charge in [0.05, 0.1) is 23.6 Å². The van der Waals surface area contributed by atoms with Crippen LogP contribution in [0.1, 0.15) is 22.4 Å². The molecule has 0 fully saturated rings. The van der Waals surface area contributed by atoms with Crippen molar-refractivity contribution in [1.82, 2.24) is 9.71 Å². The highest BCUT2D eigenvalue weighted by molar-refractivity contribution is 7.88. The number of nitriles is 1. The van der Waals surface area contributed by atoms with Crippen LogP contribution in [0.15, 0.2) is 85.2 Å². The number of allylic oxidation sites excluding steroid dienone is 2. The number of aromatic nitrogens is 1. The molecule has 7 heteroatoms. The van der Waals surface area contributed by atoms with E-state index < -0.39 is 10.0 Å². The van der Waals surface area contributed by atoms with Crippen molar-refractivity contribution in [3.63, 3.8) is 0 Å². The van der Waals surface area contributed by atoms with E-state index in [9.17, 15) is 13.7 Å². The van der Waals surface area contributed by atoms with E-state index in [1.54, 1.807) is 6.20 Å². The molecule has 32 heavy (non-hydrogen) atoms. The van der Waals surface area contributed by atoms with E-state index in [2.05, 4.69) is 26.8 Å². The maximum atomic E-state index is 11.5. The molecule has 4 rings (SSSR count). The lowest BCUT2D eigenvalue weighted by molar-refractivity contribution is 0.587. The summed E-state index contributed by atoms with van der Waals surface area (Å²) in [4.78, 5) is 6.59. The van der Waals surface area contributed by atoms with Gasteiger partial charge in [-0.15, -0.1) is 0 Å². The summed E-state index contributed by atoms with van der Waals surface area (Å²) in [7, 11) is -3.28. The molecule has 0 radical (unpaired) electrons. The first-order chi connectivity index (χ1) is 15.4. The largest absolute Gasteiger partial charge is 0.343 e. The lowest BCUT2D eigenvalue weighted by Crippen LogP contribution is -2.24. The lowest BCUT2D eigenvalue weighted by atomic mass is 9.94. The van der Waals surface area contributed by atoms with Crippen molar-refractivity contribution in [3.05, 3.63) is 108 Å². The van der Waals surface area contributed by atoms with Gasteiger partial charge >= 0.3 is 0 Å². The van der Waals surface area contributed by atoms with E-state index in [1.165, 1.54) is 0 Å². The number of nitrogens with one attached hydrogen (secondary N) is 1. The first-order valence-electron chi connectivity index (χ1n) is 10.1. The quantitative estimate of drug-likeness (QED) is 0.625. The first-order valence-corrected chi connectivity index (χ1v) is 12.0. The third kappa shape index (κ3) is 5.11. The summed E-state index contributed by atoms with van der Waals surface area (Å²) < 4.78 is 25.5. The van der Waals surface area contributed by atoms with Gasteiger partial charge < -0.3 is 4.90 Å². The second-order valence-corrected chi connectivity index (χ2v) is 9.35. The Morgan fingerprint density at radius 1 is 1.09 bits per heavy atom. The van der Waals surface area contributed by atoms with E-state index >= 15 is 0 Å². The van der Waals surface area contributed by atoms with Crippen molar-refractivity contribution in [2.24, 2.45) is 0 Å². The Labute approximate surface area is 188 Å². The number of pyridine rings is 1. The first kappa shape index (κ1) is 21.5. The number of sulfonamides is 1. The molecule has 1 aliphatic rings. The molecule has 3 aromatic rings. The zero-order valence-electron chi connectivity index (χ0n) is 17.6. The van der Waals surface area contributed by atoms with Crippen LogP contribution < -0.4 is 9.62 Å². The number of nitrogens with zero attached hydrogens (tertiary/aromatic N) is 3. The Balaban J connectivity index is 1.74. The maximum Gasteiger partial charge on any atom is 0.209 e. The molecule has 0 saturated carbocycles. The molecule has 0 amide bonds. The maximum absolute atomic E-state index is 11.5. The molecule has 0 aliphatic carbocycles. The third-order valence-corrected chi connectivity index (χ3v) is 5.77. The standard InChI is InChI=1S/C25H22N4O2S/c1-32(30,31)28-16-19-7-6-9-23(13-19)29-17-21(24-10-3-2-8-20(24)15-26)14-22(18-29)25-11-4-5-12-27-25/h2-14,18,28H,16-17H2,1H3. The Hall–Kier alpha value is -3.73. The minimum absolute atomic E-state index is 0.220. The van der Waals surface area contributed by atoms with Crippen LogP contribution in [0.2, 0.25) is 0 Å². The van der Waals surface area contributed by atoms with Crippen LogP contribution in [0, 0.1) is 11.3 Å². The van der Waals surface area contributed by atoms with Gasteiger partial charge in [-0.2, -0.15) is 5.26 Å². The predicted octanol–water partition coefficient (Wildman–Crippen LogP) is 3.95. The Bertz CT molecular complexity index is 1340. The van der Waals surface area contributed by atoms with Crippen molar-refractivity contribution >= 4 is 26.9 Å². The van der Waals surface area contributed by atoms with Crippen molar-refractivity contribution in [2.45, 2.75) is 6.54 Å². The van der Waals surface area contributed by atoms with Crippen LogP contribution in [0.5, 0.6) is 0 Å².